The fourth-order valence-corrected chi connectivity index (χ4v) is 4.76. The van der Waals surface area contributed by atoms with E-state index in [2.05, 4.69) is 6.07 Å². The maximum atomic E-state index is 13.5. The normalized spacial score (nSPS) is 27.5. The number of nitriles is 1. The minimum Gasteiger partial charge on any atom is -0.353 e. The van der Waals surface area contributed by atoms with Crippen LogP contribution in [0.5, 0.6) is 0 Å². The number of carbonyl (C=O) groups excluding carboxylic acids is 2. The standard InChI is InChI=1S/C21H13ClFN3O2/c22-14-9-12(5-6-15(14)23)26-20(27)17-16(10-24)25-8-7-11-3-1-2-4-13(11)19(25)18(17)21(26)28/h1-9,16-19H/t16-,17+,18+,19+/m1/s1. The van der Waals surface area contributed by atoms with Gasteiger partial charge in [0.25, 0.3) is 0 Å². The second-order valence-electron chi connectivity index (χ2n) is 7.07. The van der Waals surface area contributed by atoms with E-state index in [-0.39, 0.29) is 10.7 Å². The van der Waals surface area contributed by atoms with Gasteiger partial charge < -0.3 is 4.90 Å². The molecule has 0 aliphatic carbocycles. The van der Waals surface area contributed by atoms with E-state index in [4.69, 9.17) is 11.6 Å². The van der Waals surface area contributed by atoms with Crippen molar-refractivity contribution in [1.82, 2.24) is 4.90 Å². The van der Waals surface area contributed by atoms with Gasteiger partial charge in [0.1, 0.15) is 11.9 Å². The van der Waals surface area contributed by atoms with Gasteiger partial charge in [-0.25, -0.2) is 9.29 Å². The maximum Gasteiger partial charge on any atom is 0.240 e. The van der Waals surface area contributed by atoms with Crippen LogP contribution >= 0.6 is 11.6 Å². The molecule has 4 atom stereocenters. The summed E-state index contributed by atoms with van der Waals surface area (Å²) in [5.41, 5.74) is 2.10. The van der Waals surface area contributed by atoms with E-state index in [1.165, 1.54) is 12.1 Å². The molecule has 2 aromatic carbocycles. The Morgan fingerprint density at radius 2 is 1.82 bits per heavy atom. The molecule has 3 aliphatic rings. The zero-order valence-electron chi connectivity index (χ0n) is 14.4. The lowest BCUT2D eigenvalue weighted by Gasteiger charge is -2.33. The van der Waals surface area contributed by atoms with Gasteiger partial charge in [-0.1, -0.05) is 35.9 Å². The molecule has 5 rings (SSSR count). The average molecular weight is 394 g/mol. The number of imide groups is 1. The molecule has 28 heavy (non-hydrogen) atoms. The molecule has 0 bridgehead atoms. The first kappa shape index (κ1) is 17.0. The van der Waals surface area contributed by atoms with Gasteiger partial charge in [0.05, 0.1) is 34.7 Å². The highest BCUT2D eigenvalue weighted by atomic mass is 35.5. The highest BCUT2D eigenvalue weighted by Gasteiger charge is 2.63. The van der Waals surface area contributed by atoms with Crippen molar-refractivity contribution >= 4 is 35.2 Å². The molecule has 3 aliphatic heterocycles. The molecular weight excluding hydrogens is 381 g/mol. The van der Waals surface area contributed by atoms with Crippen molar-refractivity contribution in [3.63, 3.8) is 0 Å². The van der Waals surface area contributed by atoms with Crippen molar-refractivity contribution in [3.05, 3.63) is 70.6 Å². The van der Waals surface area contributed by atoms with Crippen molar-refractivity contribution in [3.8, 4) is 6.07 Å². The molecular formula is C21H13ClFN3O2. The van der Waals surface area contributed by atoms with E-state index < -0.39 is 41.6 Å². The molecule has 0 unspecified atom stereocenters. The predicted octanol–water partition coefficient (Wildman–Crippen LogP) is 3.52. The molecule has 2 fully saturated rings. The highest BCUT2D eigenvalue weighted by Crippen LogP contribution is 2.52. The Balaban J connectivity index is 1.63. The molecule has 2 saturated heterocycles. The van der Waals surface area contributed by atoms with Crippen LogP contribution in [0.4, 0.5) is 10.1 Å². The summed E-state index contributed by atoms with van der Waals surface area (Å²) in [5.74, 6) is -2.95. The van der Waals surface area contributed by atoms with Crippen LogP contribution in [0.2, 0.25) is 5.02 Å². The van der Waals surface area contributed by atoms with E-state index >= 15 is 0 Å². The minimum atomic E-state index is -0.790. The van der Waals surface area contributed by atoms with Gasteiger partial charge in [0.2, 0.25) is 11.8 Å². The average Bonchev–Trinajstić information content (AvgIpc) is 3.17. The van der Waals surface area contributed by atoms with E-state index in [0.717, 1.165) is 22.1 Å². The Bertz CT molecular complexity index is 1110. The second-order valence-corrected chi connectivity index (χ2v) is 7.48. The van der Waals surface area contributed by atoms with Gasteiger partial charge in [0, 0.05) is 6.20 Å². The Morgan fingerprint density at radius 3 is 2.57 bits per heavy atom. The summed E-state index contributed by atoms with van der Waals surface area (Å²) in [6, 6.07) is 12.4. The topological polar surface area (TPSA) is 64.4 Å². The van der Waals surface area contributed by atoms with Crippen LogP contribution in [0, 0.1) is 29.0 Å². The Morgan fingerprint density at radius 1 is 1.07 bits per heavy atom. The summed E-state index contributed by atoms with van der Waals surface area (Å²) in [5, 5.41) is 9.60. The number of amides is 2. The molecule has 2 amide bonds. The smallest absolute Gasteiger partial charge is 0.240 e. The lowest BCUT2D eigenvalue weighted by atomic mass is 9.85. The van der Waals surface area contributed by atoms with Gasteiger partial charge in [0.15, 0.2) is 0 Å². The SMILES string of the molecule is N#C[C@@H]1[C@@H]2C(=O)N(c3ccc(F)c(Cl)c3)C(=O)[C@@H]2[C@@H]2c3ccccc3C=CN12. The van der Waals surface area contributed by atoms with Gasteiger partial charge >= 0.3 is 0 Å². The number of hydrogen-bond donors (Lipinski definition) is 0. The van der Waals surface area contributed by atoms with Crippen molar-refractivity contribution in [1.29, 1.82) is 5.26 Å². The molecule has 0 radical (unpaired) electrons. The van der Waals surface area contributed by atoms with Crippen molar-refractivity contribution in [2.24, 2.45) is 11.8 Å². The third-order valence-corrected chi connectivity index (χ3v) is 6.04. The third kappa shape index (κ3) is 2.11. The van der Waals surface area contributed by atoms with Crippen LogP contribution in [0.25, 0.3) is 6.08 Å². The first-order valence-corrected chi connectivity index (χ1v) is 9.18. The number of nitrogens with zero attached hydrogens (tertiary/aromatic N) is 3. The van der Waals surface area contributed by atoms with Crippen molar-refractivity contribution < 1.29 is 14.0 Å². The highest BCUT2D eigenvalue weighted by molar-refractivity contribution is 6.31. The lowest BCUT2D eigenvalue weighted by Crippen LogP contribution is -2.40. The largest absolute Gasteiger partial charge is 0.353 e. The fraction of sp³-hybridized carbons (Fsp3) is 0.190. The Hall–Kier alpha value is -3.17. The van der Waals surface area contributed by atoms with Gasteiger partial charge in [-0.15, -0.1) is 0 Å². The van der Waals surface area contributed by atoms with Crippen LogP contribution < -0.4 is 4.90 Å². The molecule has 0 spiro atoms. The number of carbonyl (C=O) groups is 2. The summed E-state index contributed by atoms with van der Waals surface area (Å²) in [4.78, 5) is 29.4. The van der Waals surface area contributed by atoms with Crippen LogP contribution in [0.3, 0.4) is 0 Å². The molecule has 138 valence electrons. The monoisotopic (exact) mass is 393 g/mol. The zero-order valence-corrected chi connectivity index (χ0v) is 15.2. The summed E-state index contributed by atoms with van der Waals surface area (Å²) in [6.07, 6.45) is 3.68. The second kappa shape index (κ2) is 5.91. The van der Waals surface area contributed by atoms with E-state index in [9.17, 15) is 19.2 Å². The van der Waals surface area contributed by atoms with Crippen molar-refractivity contribution in [2.75, 3.05) is 4.90 Å². The van der Waals surface area contributed by atoms with Gasteiger partial charge in [-0.05, 0) is 35.4 Å². The van der Waals surface area contributed by atoms with E-state index in [1.807, 2.05) is 35.2 Å². The number of halogens is 2. The van der Waals surface area contributed by atoms with Crippen LogP contribution in [-0.4, -0.2) is 22.8 Å². The van der Waals surface area contributed by atoms with E-state index in [1.54, 1.807) is 6.20 Å². The van der Waals surface area contributed by atoms with Gasteiger partial charge in [-0.2, -0.15) is 5.26 Å². The summed E-state index contributed by atoms with van der Waals surface area (Å²) >= 11 is 5.85. The van der Waals surface area contributed by atoms with Crippen LogP contribution in [-0.2, 0) is 9.59 Å². The summed E-state index contributed by atoms with van der Waals surface area (Å²) in [6.45, 7) is 0. The summed E-state index contributed by atoms with van der Waals surface area (Å²) < 4.78 is 13.5. The molecule has 3 heterocycles. The first-order valence-electron chi connectivity index (χ1n) is 8.80. The molecule has 0 N–H and O–H groups in total. The number of rotatable bonds is 1. The maximum absolute atomic E-state index is 13.5. The zero-order chi connectivity index (χ0) is 19.6. The van der Waals surface area contributed by atoms with Crippen LogP contribution in [0.15, 0.2) is 48.7 Å². The molecule has 0 saturated carbocycles. The number of hydrogen-bond acceptors (Lipinski definition) is 4. The molecule has 2 aromatic rings. The minimum absolute atomic E-state index is 0.167. The quantitative estimate of drug-likeness (QED) is 0.695. The third-order valence-electron chi connectivity index (χ3n) is 5.76. The van der Waals surface area contributed by atoms with Crippen LogP contribution in [0.1, 0.15) is 17.2 Å². The summed E-state index contributed by atoms with van der Waals surface area (Å²) in [7, 11) is 0. The predicted molar refractivity (Wildman–Crippen MR) is 100 cm³/mol. The number of benzene rings is 2. The molecule has 7 heteroatoms. The van der Waals surface area contributed by atoms with Gasteiger partial charge in [-0.3, -0.25) is 9.59 Å². The first-order chi connectivity index (χ1) is 13.5. The number of fused-ring (bicyclic) bond motifs is 5. The molecule has 5 nitrogen and oxygen atoms in total. The Labute approximate surface area is 165 Å². The fourth-order valence-electron chi connectivity index (χ4n) is 4.58. The molecule has 0 aromatic heterocycles. The van der Waals surface area contributed by atoms with E-state index in [0.29, 0.717) is 0 Å². The lowest BCUT2D eigenvalue weighted by molar-refractivity contribution is -0.123. The van der Waals surface area contributed by atoms with Crippen molar-refractivity contribution in [2.45, 2.75) is 12.1 Å². The Kier molecular flexibility index (Phi) is 3.58. The number of anilines is 1.